The van der Waals surface area contributed by atoms with Crippen molar-refractivity contribution in [3.05, 3.63) is 89.0 Å². The lowest BCUT2D eigenvalue weighted by Crippen LogP contribution is -2.48. The maximum Gasteiger partial charge on any atom is 0.488 e. The predicted molar refractivity (Wildman–Crippen MR) is 149 cm³/mol. The van der Waals surface area contributed by atoms with Crippen molar-refractivity contribution in [3.63, 3.8) is 0 Å². The molecule has 1 saturated heterocycles. The second-order valence-corrected chi connectivity index (χ2v) is 10.0. The van der Waals surface area contributed by atoms with Crippen molar-refractivity contribution < 1.29 is 14.8 Å². The molecule has 0 atom stereocenters. The lowest BCUT2D eigenvalue weighted by Gasteiger charge is -2.38. The summed E-state index contributed by atoms with van der Waals surface area (Å²) in [6.45, 7) is 8.83. The fraction of sp³-hybridized carbons (Fsp3) is 0.333. The zero-order valence-corrected chi connectivity index (χ0v) is 21.4. The Morgan fingerprint density at radius 1 is 0.806 bits per heavy atom. The Bertz CT molecular complexity index is 1230. The van der Waals surface area contributed by atoms with Gasteiger partial charge in [0.25, 0.3) is 0 Å². The van der Waals surface area contributed by atoms with Crippen molar-refractivity contribution in [1.29, 1.82) is 0 Å². The van der Waals surface area contributed by atoms with Crippen LogP contribution in [0.15, 0.2) is 66.7 Å². The third-order valence-electron chi connectivity index (χ3n) is 7.65. The smallest absolute Gasteiger partial charge is 0.488 e. The largest absolute Gasteiger partial charge is 0.497 e. The molecule has 0 aromatic heterocycles. The summed E-state index contributed by atoms with van der Waals surface area (Å²) >= 11 is 0. The first-order chi connectivity index (χ1) is 17.4. The van der Waals surface area contributed by atoms with Crippen LogP contribution in [-0.2, 0) is 6.42 Å². The molecule has 0 unspecified atom stereocenters. The highest BCUT2D eigenvalue weighted by Gasteiger charge is 2.24. The van der Waals surface area contributed by atoms with Gasteiger partial charge in [-0.1, -0.05) is 42.5 Å². The molecule has 0 saturated carbocycles. The maximum absolute atomic E-state index is 9.71. The number of aryl methyl sites for hydroxylation is 1. The summed E-state index contributed by atoms with van der Waals surface area (Å²) in [5.41, 5.74) is 9.02. The van der Waals surface area contributed by atoms with E-state index in [-0.39, 0.29) is 0 Å². The Hall–Kier alpha value is -3.06. The number of rotatable bonds is 6. The van der Waals surface area contributed by atoms with Crippen LogP contribution >= 0.6 is 0 Å². The van der Waals surface area contributed by atoms with E-state index in [2.05, 4.69) is 60.0 Å². The molecule has 1 aliphatic carbocycles. The average Bonchev–Trinajstić information content (AvgIpc) is 2.92. The van der Waals surface area contributed by atoms with Crippen LogP contribution in [0.4, 0.5) is 5.69 Å². The molecule has 1 fully saturated rings. The molecule has 0 amide bonds. The summed E-state index contributed by atoms with van der Waals surface area (Å²) in [5.74, 6) is 0.848. The van der Waals surface area contributed by atoms with Crippen LogP contribution in [0.3, 0.4) is 0 Å². The van der Waals surface area contributed by atoms with Gasteiger partial charge in [0, 0.05) is 37.9 Å². The standard InChI is InChI=1S/C30H35BN2O3/c1-21(2)32-16-18-33(19-17-32)26-10-4-23(5-11-26)30-28(22-6-12-27(36-3)13-7-22)14-8-24-20-25(31(34)35)9-15-29(24)30/h4-7,9-13,15,20-21,34-35H,8,14,16-19H2,1-3H3. The van der Waals surface area contributed by atoms with Gasteiger partial charge in [0.1, 0.15) is 5.75 Å². The Morgan fingerprint density at radius 2 is 1.47 bits per heavy atom. The molecule has 6 heteroatoms. The molecule has 5 rings (SSSR count). The zero-order chi connectivity index (χ0) is 25.2. The van der Waals surface area contributed by atoms with Crippen LogP contribution in [0.2, 0.25) is 0 Å². The lowest BCUT2D eigenvalue weighted by molar-refractivity contribution is 0.209. The van der Waals surface area contributed by atoms with Crippen LogP contribution < -0.4 is 15.1 Å². The Kier molecular flexibility index (Phi) is 7.19. The molecule has 2 aliphatic rings. The van der Waals surface area contributed by atoms with Gasteiger partial charge in [-0.2, -0.15) is 0 Å². The van der Waals surface area contributed by atoms with E-state index in [1.807, 2.05) is 30.3 Å². The number of fused-ring (bicyclic) bond motifs is 1. The first-order valence-corrected chi connectivity index (χ1v) is 12.9. The molecule has 0 bridgehead atoms. The van der Waals surface area contributed by atoms with E-state index in [0.717, 1.165) is 55.9 Å². The summed E-state index contributed by atoms with van der Waals surface area (Å²) in [7, 11) is 0.231. The van der Waals surface area contributed by atoms with E-state index in [4.69, 9.17) is 4.74 Å². The van der Waals surface area contributed by atoms with Crippen molar-refractivity contribution in [1.82, 2.24) is 4.90 Å². The third kappa shape index (κ3) is 4.94. The Morgan fingerprint density at radius 3 is 2.08 bits per heavy atom. The number of benzene rings is 3. The van der Waals surface area contributed by atoms with Gasteiger partial charge < -0.3 is 19.7 Å². The second kappa shape index (κ2) is 10.5. The first kappa shape index (κ1) is 24.6. The Balaban J connectivity index is 1.52. The van der Waals surface area contributed by atoms with Gasteiger partial charge in [-0.05, 0) is 89.8 Å². The van der Waals surface area contributed by atoms with E-state index >= 15 is 0 Å². The van der Waals surface area contributed by atoms with Gasteiger partial charge in [0.05, 0.1) is 7.11 Å². The molecule has 1 heterocycles. The fourth-order valence-electron chi connectivity index (χ4n) is 5.52. The van der Waals surface area contributed by atoms with Crippen molar-refractivity contribution in [2.75, 3.05) is 38.2 Å². The van der Waals surface area contributed by atoms with E-state index in [1.165, 1.54) is 28.0 Å². The van der Waals surface area contributed by atoms with Gasteiger partial charge in [0.2, 0.25) is 0 Å². The lowest BCUT2D eigenvalue weighted by atomic mass is 9.74. The van der Waals surface area contributed by atoms with E-state index < -0.39 is 7.12 Å². The second-order valence-electron chi connectivity index (χ2n) is 10.0. The molecule has 3 aromatic rings. The summed E-state index contributed by atoms with van der Waals surface area (Å²) in [4.78, 5) is 5.01. The van der Waals surface area contributed by atoms with Gasteiger partial charge in [0.15, 0.2) is 0 Å². The number of allylic oxidation sites excluding steroid dienone is 1. The third-order valence-corrected chi connectivity index (χ3v) is 7.65. The summed E-state index contributed by atoms with van der Waals surface area (Å²) < 4.78 is 5.38. The van der Waals surface area contributed by atoms with Crippen molar-refractivity contribution in [3.8, 4) is 5.75 Å². The number of anilines is 1. The minimum absolute atomic E-state index is 0.539. The minimum Gasteiger partial charge on any atom is -0.497 e. The van der Waals surface area contributed by atoms with Crippen molar-refractivity contribution >= 4 is 29.4 Å². The van der Waals surface area contributed by atoms with E-state index in [1.54, 1.807) is 7.11 Å². The molecule has 36 heavy (non-hydrogen) atoms. The minimum atomic E-state index is -1.46. The highest BCUT2D eigenvalue weighted by atomic mass is 16.5. The van der Waals surface area contributed by atoms with Crippen LogP contribution in [-0.4, -0.2) is 61.4 Å². The van der Waals surface area contributed by atoms with Crippen LogP contribution in [0.1, 0.15) is 42.5 Å². The molecule has 0 radical (unpaired) electrons. The summed E-state index contributed by atoms with van der Waals surface area (Å²) in [5, 5.41) is 19.4. The van der Waals surface area contributed by atoms with E-state index in [0.29, 0.717) is 11.5 Å². The van der Waals surface area contributed by atoms with Crippen LogP contribution in [0, 0.1) is 0 Å². The zero-order valence-electron chi connectivity index (χ0n) is 21.4. The van der Waals surface area contributed by atoms with Gasteiger partial charge in [-0.3, -0.25) is 4.90 Å². The number of hydrogen-bond donors (Lipinski definition) is 2. The normalized spacial score (nSPS) is 16.3. The molecule has 3 aromatic carbocycles. The topological polar surface area (TPSA) is 56.2 Å². The number of methoxy groups -OCH3 is 1. The van der Waals surface area contributed by atoms with Crippen molar-refractivity contribution in [2.24, 2.45) is 0 Å². The quantitative estimate of drug-likeness (QED) is 0.524. The molecule has 186 valence electrons. The number of hydrogen-bond acceptors (Lipinski definition) is 5. The monoisotopic (exact) mass is 482 g/mol. The summed E-state index contributed by atoms with van der Waals surface area (Å²) in [6, 6.07) is 23.7. The fourth-order valence-corrected chi connectivity index (χ4v) is 5.52. The van der Waals surface area contributed by atoms with Crippen LogP contribution in [0.25, 0.3) is 11.1 Å². The molecule has 5 nitrogen and oxygen atoms in total. The van der Waals surface area contributed by atoms with Gasteiger partial charge in [-0.25, -0.2) is 0 Å². The molecule has 2 N–H and O–H groups in total. The van der Waals surface area contributed by atoms with Gasteiger partial charge in [-0.15, -0.1) is 0 Å². The number of ether oxygens (including phenoxy) is 1. The molecule has 1 aliphatic heterocycles. The highest BCUT2D eigenvalue weighted by Crippen LogP contribution is 2.41. The highest BCUT2D eigenvalue weighted by molar-refractivity contribution is 6.58. The van der Waals surface area contributed by atoms with E-state index in [9.17, 15) is 10.0 Å². The molecular weight excluding hydrogens is 447 g/mol. The van der Waals surface area contributed by atoms with Gasteiger partial charge >= 0.3 is 7.12 Å². The number of nitrogens with zero attached hydrogens (tertiary/aromatic N) is 2. The average molecular weight is 482 g/mol. The predicted octanol–water partition coefficient (Wildman–Crippen LogP) is 3.81. The molecular formula is C30H35BN2O3. The van der Waals surface area contributed by atoms with Crippen molar-refractivity contribution in [2.45, 2.75) is 32.7 Å². The first-order valence-electron chi connectivity index (χ1n) is 12.9. The SMILES string of the molecule is COc1ccc(C2=C(c3ccc(N4CCN(C(C)C)CC4)cc3)c3ccc(B(O)O)cc3CC2)cc1. The number of piperazine rings is 1. The maximum atomic E-state index is 9.71. The van der Waals surface area contributed by atoms with Crippen LogP contribution in [0.5, 0.6) is 5.75 Å². The summed E-state index contributed by atoms with van der Waals surface area (Å²) in [6.07, 6.45) is 1.75. The Labute approximate surface area is 214 Å². The molecule has 0 spiro atoms.